The van der Waals surface area contributed by atoms with Crippen LogP contribution in [0.5, 0.6) is 0 Å². The van der Waals surface area contributed by atoms with Gasteiger partial charge in [0.1, 0.15) is 0 Å². The first-order valence-corrected chi connectivity index (χ1v) is 11.2. The number of hydrogen-bond acceptors (Lipinski definition) is 2. The minimum atomic E-state index is 0.0684. The molecule has 0 spiro atoms. The molecular formula is C26H26N2OS. The minimum Gasteiger partial charge on any atom is -0.355 e. The Kier molecular flexibility index (Phi) is 6.24. The van der Waals surface area contributed by atoms with Crippen molar-refractivity contribution in [2.24, 2.45) is 0 Å². The average Bonchev–Trinajstić information content (AvgIpc) is 3.10. The molecule has 0 bridgehead atoms. The third kappa shape index (κ3) is 4.77. The maximum Gasteiger partial charge on any atom is 0.224 e. The Labute approximate surface area is 181 Å². The molecule has 0 aliphatic carbocycles. The monoisotopic (exact) mass is 414 g/mol. The summed E-state index contributed by atoms with van der Waals surface area (Å²) < 4.78 is 0. The van der Waals surface area contributed by atoms with E-state index in [4.69, 9.17) is 0 Å². The molecule has 4 aromatic rings. The molecule has 1 aromatic heterocycles. The lowest BCUT2D eigenvalue weighted by molar-refractivity contribution is -0.120. The number of carbonyl (C=O) groups excluding carboxylic acids is 1. The molecule has 0 radical (unpaired) electrons. The van der Waals surface area contributed by atoms with Crippen LogP contribution in [-0.2, 0) is 11.2 Å². The lowest BCUT2D eigenvalue weighted by Gasteiger charge is -2.08. The number of nitrogens with one attached hydrogen (secondary N) is 2. The van der Waals surface area contributed by atoms with Crippen molar-refractivity contribution >= 4 is 28.6 Å². The normalized spacial score (nSPS) is 11.0. The Hall–Kier alpha value is -2.98. The highest BCUT2D eigenvalue weighted by molar-refractivity contribution is 7.99. The van der Waals surface area contributed by atoms with E-state index >= 15 is 0 Å². The number of aryl methyl sites for hydroxylation is 2. The van der Waals surface area contributed by atoms with Gasteiger partial charge in [-0.3, -0.25) is 4.79 Å². The van der Waals surface area contributed by atoms with Crippen LogP contribution in [0.15, 0.2) is 77.7 Å². The summed E-state index contributed by atoms with van der Waals surface area (Å²) in [6, 6.07) is 25.1. The van der Waals surface area contributed by atoms with Gasteiger partial charge >= 0.3 is 0 Å². The molecule has 152 valence electrons. The molecule has 30 heavy (non-hydrogen) atoms. The molecule has 0 saturated heterocycles. The fraction of sp³-hybridized carbons (Fsp3) is 0.192. The Balaban J connectivity index is 1.43. The number of thioether (sulfide) groups is 1. The summed E-state index contributed by atoms with van der Waals surface area (Å²) >= 11 is 1.79. The highest BCUT2D eigenvalue weighted by atomic mass is 32.2. The van der Waals surface area contributed by atoms with E-state index < -0.39 is 0 Å². The van der Waals surface area contributed by atoms with E-state index in [0.717, 1.165) is 22.5 Å². The molecule has 4 rings (SSSR count). The van der Waals surface area contributed by atoms with Crippen molar-refractivity contribution in [3.63, 3.8) is 0 Å². The number of fused-ring (bicyclic) bond motifs is 1. The lowest BCUT2D eigenvalue weighted by Crippen LogP contribution is -2.27. The SMILES string of the molecule is Cc1ccc(-c2[nH]c3ccccc3c2SCCNC(=O)Cc2cccc(C)c2)cc1. The van der Waals surface area contributed by atoms with Gasteiger partial charge in [-0.05, 0) is 31.0 Å². The average molecular weight is 415 g/mol. The van der Waals surface area contributed by atoms with E-state index in [1.165, 1.54) is 27.0 Å². The zero-order valence-corrected chi connectivity index (χ0v) is 18.2. The Morgan fingerprint density at radius 2 is 1.73 bits per heavy atom. The summed E-state index contributed by atoms with van der Waals surface area (Å²) in [6.07, 6.45) is 0.425. The van der Waals surface area contributed by atoms with Crippen LogP contribution in [0, 0.1) is 13.8 Å². The predicted octanol–water partition coefficient (Wildman–Crippen LogP) is 5.90. The van der Waals surface area contributed by atoms with Crippen LogP contribution < -0.4 is 5.32 Å². The topological polar surface area (TPSA) is 44.9 Å². The van der Waals surface area contributed by atoms with Gasteiger partial charge in [0.2, 0.25) is 5.91 Å². The number of rotatable bonds is 7. The fourth-order valence-electron chi connectivity index (χ4n) is 3.60. The maximum absolute atomic E-state index is 12.3. The molecule has 2 N–H and O–H groups in total. The first-order chi connectivity index (χ1) is 14.6. The van der Waals surface area contributed by atoms with Gasteiger partial charge in [-0.25, -0.2) is 0 Å². The van der Waals surface area contributed by atoms with Crippen LogP contribution in [0.2, 0.25) is 0 Å². The molecule has 1 amide bonds. The molecule has 0 unspecified atom stereocenters. The van der Waals surface area contributed by atoms with Crippen LogP contribution in [0.3, 0.4) is 0 Å². The highest BCUT2D eigenvalue weighted by Gasteiger charge is 2.13. The molecule has 4 heteroatoms. The van der Waals surface area contributed by atoms with Gasteiger partial charge in [0.15, 0.2) is 0 Å². The second-order valence-electron chi connectivity index (χ2n) is 7.60. The first-order valence-electron chi connectivity index (χ1n) is 10.2. The molecule has 3 nitrogen and oxygen atoms in total. The second kappa shape index (κ2) is 9.23. The Bertz CT molecular complexity index is 1160. The largest absolute Gasteiger partial charge is 0.355 e. The minimum absolute atomic E-state index is 0.0684. The molecule has 0 aliphatic rings. The molecule has 1 heterocycles. The number of carbonyl (C=O) groups is 1. The van der Waals surface area contributed by atoms with Gasteiger partial charge in [0, 0.05) is 28.1 Å². The third-order valence-electron chi connectivity index (χ3n) is 5.12. The molecular weight excluding hydrogens is 388 g/mol. The first kappa shape index (κ1) is 20.3. The van der Waals surface area contributed by atoms with Crippen LogP contribution >= 0.6 is 11.8 Å². The van der Waals surface area contributed by atoms with Crippen molar-refractivity contribution in [3.8, 4) is 11.3 Å². The second-order valence-corrected chi connectivity index (χ2v) is 8.71. The van der Waals surface area contributed by atoms with Gasteiger partial charge in [0.25, 0.3) is 0 Å². The van der Waals surface area contributed by atoms with Crippen molar-refractivity contribution in [1.29, 1.82) is 0 Å². The van der Waals surface area contributed by atoms with E-state index in [2.05, 4.69) is 71.8 Å². The lowest BCUT2D eigenvalue weighted by atomic mass is 10.1. The molecule has 0 atom stereocenters. The number of hydrogen-bond donors (Lipinski definition) is 2. The summed E-state index contributed by atoms with van der Waals surface area (Å²) in [5.41, 5.74) is 6.95. The molecule has 0 saturated carbocycles. The fourth-order valence-corrected chi connectivity index (χ4v) is 4.66. The predicted molar refractivity (Wildman–Crippen MR) is 127 cm³/mol. The van der Waals surface area contributed by atoms with Crippen LogP contribution in [0.25, 0.3) is 22.2 Å². The number of benzene rings is 3. The van der Waals surface area contributed by atoms with Crippen LogP contribution in [0.4, 0.5) is 0 Å². The van der Waals surface area contributed by atoms with Crippen molar-refractivity contribution in [1.82, 2.24) is 10.3 Å². The van der Waals surface area contributed by atoms with Gasteiger partial charge < -0.3 is 10.3 Å². The van der Waals surface area contributed by atoms with E-state index in [0.29, 0.717) is 13.0 Å². The van der Waals surface area contributed by atoms with Crippen molar-refractivity contribution < 1.29 is 4.79 Å². The zero-order valence-electron chi connectivity index (χ0n) is 17.4. The highest BCUT2D eigenvalue weighted by Crippen LogP contribution is 2.37. The van der Waals surface area contributed by atoms with Crippen LogP contribution in [0.1, 0.15) is 16.7 Å². The smallest absolute Gasteiger partial charge is 0.224 e. The molecule has 0 fully saturated rings. The van der Waals surface area contributed by atoms with E-state index in [-0.39, 0.29) is 5.91 Å². The number of aromatic nitrogens is 1. The van der Waals surface area contributed by atoms with E-state index in [9.17, 15) is 4.79 Å². The number of H-pyrrole nitrogens is 1. The van der Waals surface area contributed by atoms with Gasteiger partial charge in [0.05, 0.1) is 12.1 Å². The van der Waals surface area contributed by atoms with Gasteiger partial charge in [-0.1, -0.05) is 77.9 Å². The number of amides is 1. The van der Waals surface area contributed by atoms with Crippen molar-refractivity contribution in [2.75, 3.05) is 12.3 Å². The van der Waals surface area contributed by atoms with Gasteiger partial charge in [-0.15, -0.1) is 11.8 Å². The third-order valence-corrected chi connectivity index (χ3v) is 6.24. The van der Waals surface area contributed by atoms with Crippen molar-refractivity contribution in [2.45, 2.75) is 25.2 Å². The zero-order chi connectivity index (χ0) is 20.9. The number of para-hydroxylation sites is 1. The summed E-state index contributed by atoms with van der Waals surface area (Å²) in [5, 5.41) is 4.28. The van der Waals surface area contributed by atoms with Gasteiger partial charge in [-0.2, -0.15) is 0 Å². The molecule has 0 aliphatic heterocycles. The summed E-state index contributed by atoms with van der Waals surface area (Å²) in [6.45, 7) is 4.79. The Morgan fingerprint density at radius 1 is 0.933 bits per heavy atom. The van der Waals surface area contributed by atoms with Crippen molar-refractivity contribution in [3.05, 3.63) is 89.5 Å². The Morgan fingerprint density at radius 3 is 2.53 bits per heavy atom. The van der Waals surface area contributed by atoms with Crippen LogP contribution in [-0.4, -0.2) is 23.2 Å². The number of aromatic amines is 1. The summed E-state index contributed by atoms with van der Waals surface area (Å²) in [4.78, 5) is 17.1. The molecule has 3 aromatic carbocycles. The summed E-state index contributed by atoms with van der Waals surface area (Å²) in [5.74, 6) is 0.888. The van der Waals surface area contributed by atoms with E-state index in [1.54, 1.807) is 11.8 Å². The quantitative estimate of drug-likeness (QED) is 0.292. The van der Waals surface area contributed by atoms with E-state index in [1.807, 2.05) is 25.1 Å². The standard InChI is InChI=1S/C26H26N2OS/c1-18-10-12-21(13-11-18)25-26(22-8-3-4-9-23(22)28-25)30-15-14-27-24(29)17-20-7-5-6-19(2)16-20/h3-13,16,28H,14-15,17H2,1-2H3,(H,27,29). The maximum atomic E-state index is 12.3. The summed E-state index contributed by atoms with van der Waals surface area (Å²) in [7, 11) is 0.